The number of unbranched alkanes of at least 4 members (excludes halogenated alkanes) is 1. The van der Waals surface area contributed by atoms with Crippen LogP contribution in [0.4, 0.5) is 0 Å². The Kier molecular flexibility index (Phi) is 7.92. The molecule has 0 aliphatic heterocycles. The average Bonchev–Trinajstić information content (AvgIpc) is 2.21. The third kappa shape index (κ3) is 5.58. The smallest absolute Gasteiger partial charge is 0.0257 e. The molecule has 0 aliphatic rings. The lowest BCUT2D eigenvalue weighted by molar-refractivity contribution is 0.962. The third-order valence-corrected chi connectivity index (χ3v) is 1.81. The fraction of sp³-hybridized carbons (Fsp3) is 0.429. The predicted octanol–water partition coefficient (Wildman–Crippen LogP) is 4.83. The zero-order chi connectivity index (χ0) is 10.8. The highest BCUT2D eigenvalue weighted by Gasteiger charge is 1.85. The zero-order valence-corrected chi connectivity index (χ0v) is 9.88. The standard InChI is InChI=1S/C12H16.C2H6/c1-3-4-5-8-12-9-6-7-11(2)10-12;1-2/h5-10H,3-4H2,1-2H3;1-2H3/b8-5+;. The molecule has 0 saturated carbocycles. The van der Waals surface area contributed by atoms with Gasteiger partial charge in [-0.05, 0) is 18.9 Å². The van der Waals surface area contributed by atoms with Gasteiger partial charge in [0.1, 0.15) is 0 Å². The fourth-order valence-corrected chi connectivity index (χ4v) is 1.16. The van der Waals surface area contributed by atoms with E-state index < -0.39 is 0 Å². The summed E-state index contributed by atoms with van der Waals surface area (Å²) in [6, 6.07) is 8.56. The Morgan fingerprint density at radius 1 is 1.21 bits per heavy atom. The quantitative estimate of drug-likeness (QED) is 0.640. The molecule has 0 unspecified atom stereocenters. The van der Waals surface area contributed by atoms with E-state index in [0.717, 1.165) is 0 Å². The topological polar surface area (TPSA) is 0 Å². The summed E-state index contributed by atoms with van der Waals surface area (Å²) in [7, 11) is 0. The van der Waals surface area contributed by atoms with E-state index in [1.54, 1.807) is 0 Å². The monoisotopic (exact) mass is 190 g/mol. The van der Waals surface area contributed by atoms with Crippen molar-refractivity contribution < 1.29 is 0 Å². The number of allylic oxidation sites excluding steroid dienone is 1. The maximum atomic E-state index is 2.23. The molecule has 0 amide bonds. The minimum absolute atomic E-state index is 1.17. The van der Waals surface area contributed by atoms with Crippen molar-refractivity contribution in [3.05, 3.63) is 41.5 Å². The normalized spacial score (nSPS) is 9.71. The molecule has 0 spiro atoms. The lowest BCUT2D eigenvalue weighted by Crippen LogP contribution is -1.74. The van der Waals surface area contributed by atoms with Gasteiger partial charge in [-0.2, -0.15) is 0 Å². The van der Waals surface area contributed by atoms with E-state index in [1.165, 1.54) is 24.0 Å². The molecule has 0 bridgehead atoms. The van der Waals surface area contributed by atoms with Crippen molar-refractivity contribution >= 4 is 6.08 Å². The van der Waals surface area contributed by atoms with Crippen LogP contribution >= 0.6 is 0 Å². The van der Waals surface area contributed by atoms with Crippen molar-refractivity contribution in [2.24, 2.45) is 0 Å². The van der Waals surface area contributed by atoms with Gasteiger partial charge in [-0.25, -0.2) is 0 Å². The Balaban J connectivity index is 0.000000791. The van der Waals surface area contributed by atoms with Crippen LogP contribution in [0.2, 0.25) is 0 Å². The van der Waals surface area contributed by atoms with Gasteiger partial charge in [0.05, 0.1) is 0 Å². The van der Waals surface area contributed by atoms with E-state index in [9.17, 15) is 0 Å². The van der Waals surface area contributed by atoms with Gasteiger partial charge in [-0.1, -0.05) is 69.2 Å². The van der Waals surface area contributed by atoms with Crippen molar-refractivity contribution in [1.82, 2.24) is 0 Å². The van der Waals surface area contributed by atoms with Crippen LogP contribution < -0.4 is 0 Å². The van der Waals surface area contributed by atoms with Crippen LogP contribution in [-0.2, 0) is 0 Å². The van der Waals surface area contributed by atoms with Crippen LogP contribution in [0.15, 0.2) is 30.3 Å². The van der Waals surface area contributed by atoms with E-state index in [-0.39, 0.29) is 0 Å². The van der Waals surface area contributed by atoms with Crippen LogP contribution in [0.25, 0.3) is 6.08 Å². The number of aryl methyl sites for hydroxylation is 1. The third-order valence-electron chi connectivity index (χ3n) is 1.81. The highest BCUT2D eigenvalue weighted by molar-refractivity contribution is 5.49. The molecule has 14 heavy (non-hydrogen) atoms. The van der Waals surface area contributed by atoms with Crippen LogP contribution in [0.1, 0.15) is 44.7 Å². The van der Waals surface area contributed by atoms with Crippen molar-refractivity contribution in [2.45, 2.75) is 40.5 Å². The summed E-state index contributed by atoms with van der Waals surface area (Å²) in [5, 5.41) is 0. The van der Waals surface area contributed by atoms with Gasteiger partial charge in [0, 0.05) is 0 Å². The predicted molar refractivity (Wildman–Crippen MR) is 66.5 cm³/mol. The second-order valence-corrected chi connectivity index (χ2v) is 3.11. The first kappa shape index (κ1) is 13.0. The molecule has 0 aromatic heterocycles. The minimum atomic E-state index is 1.17. The molecule has 78 valence electrons. The van der Waals surface area contributed by atoms with Crippen molar-refractivity contribution in [1.29, 1.82) is 0 Å². The van der Waals surface area contributed by atoms with Crippen molar-refractivity contribution in [3.63, 3.8) is 0 Å². The molecule has 1 aromatic rings. The van der Waals surface area contributed by atoms with Gasteiger partial charge in [0.15, 0.2) is 0 Å². The van der Waals surface area contributed by atoms with Crippen molar-refractivity contribution in [2.75, 3.05) is 0 Å². The van der Waals surface area contributed by atoms with Gasteiger partial charge in [-0.3, -0.25) is 0 Å². The minimum Gasteiger partial charge on any atom is -0.0840 e. The maximum Gasteiger partial charge on any atom is -0.0257 e. The van der Waals surface area contributed by atoms with Crippen LogP contribution in [0.5, 0.6) is 0 Å². The molecule has 0 heteroatoms. The van der Waals surface area contributed by atoms with Gasteiger partial charge in [-0.15, -0.1) is 0 Å². The molecular weight excluding hydrogens is 168 g/mol. The Morgan fingerprint density at radius 2 is 1.93 bits per heavy atom. The average molecular weight is 190 g/mol. The molecule has 0 heterocycles. The fourth-order valence-electron chi connectivity index (χ4n) is 1.16. The Hall–Kier alpha value is -1.04. The first-order valence-corrected chi connectivity index (χ1v) is 5.56. The molecule has 0 atom stereocenters. The van der Waals surface area contributed by atoms with Gasteiger partial charge >= 0.3 is 0 Å². The number of benzene rings is 1. The second-order valence-electron chi connectivity index (χ2n) is 3.11. The van der Waals surface area contributed by atoms with Crippen LogP contribution in [0.3, 0.4) is 0 Å². The molecule has 0 nitrogen and oxygen atoms in total. The molecule has 1 rings (SSSR count). The van der Waals surface area contributed by atoms with E-state index in [0.29, 0.717) is 0 Å². The lowest BCUT2D eigenvalue weighted by Gasteiger charge is -1.94. The van der Waals surface area contributed by atoms with Gasteiger partial charge in [0.2, 0.25) is 0 Å². The Morgan fingerprint density at radius 3 is 2.50 bits per heavy atom. The summed E-state index contributed by atoms with van der Waals surface area (Å²) >= 11 is 0. The van der Waals surface area contributed by atoms with Gasteiger partial charge in [0.25, 0.3) is 0 Å². The molecule has 0 saturated heterocycles. The van der Waals surface area contributed by atoms with E-state index in [4.69, 9.17) is 0 Å². The van der Waals surface area contributed by atoms with Gasteiger partial charge < -0.3 is 0 Å². The van der Waals surface area contributed by atoms with Crippen molar-refractivity contribution in [3.8, 4) is 0 Å². The molecule has 0 radical (unpaired) electrons. The maximum absolute atomic E-state index is 2.23. The highest BCUT2D eigenvalue weighted by Crippen LogP contribution is 2.06. The summed E-state index contributed by atoms with van der Waals surface area (Å²) in [4.78, 5) is 0. The first-order chi connectivity index (χ1) is 6.83. The van der Waals surface area contributed by atoms with Crippen LogP contribution in [-0.4, -0.2) is 0 Å². The van der Waals surface area contributed by atoms with E-state index in [2.05, 4.69) is 50.3 Å². The van der Waals surface area contributed by atoms with Crippen LogP contribution in [0, 0.1) is 6.92 Å². The zero-order valence-electron chi connectivity index (χ0n) is 9.88. The Bertz CT molecular complexity index is 258. The second kappa shape index (κ2) is 8.55. The number of hydrogen-bond acceptors (Lipinski definition) is 0. The summed E-state index contributed by atoms with van der Waals surface area (Å²) in [5.41, 5.74) is 2.64. The van der Waals surface area contributed by atoms with E-state index in [1.807, 2.05) is 13.8 Å². The summed E-state index contributed by atoms with van der Waals surface area (Å²) in [6.45, 7) is 8.32. The van der Waals surface area contributed by atoms with E-state index >= 15 is 0 Å². The lowest BCUT2D eigenvalue weighted by atomic mass is 10.1. The molecule has 0 aliphatic carbocycles. The highest BCUT2D eigenvalue weighted by atomic mass is 13.9. The SMILES string of the molecule is CC.CCC/C=C/c1cccc(C)c1. The molecule has 1 aromatic carbocycles. The largest absolute Gasteiger partial charge is 0.0840 e. The number of hydrogen-bond donors (Lipinski definition) is 0. The molecular formula is C14H22. The summed E-state index contributed by atoms with van der Waals surface area (Å²) in [6.07, 6.45) is 6.82. The first-order valence-electron chi connectivity index (χ1n) is 5.56. The molecule has 0 N–H and O–H groups in total. The number of rotatable bonds is 3. The molecule has 0 fully saturated rings. The summed E-state index contributed by atoms with van der Waals surface area (Å²) < 4.78 is 0. The Labute approximate surface area is 88.7 Å². The summed E-state index contributed by atoms with van der Waals surface area (Å²) in [5.74, 6) is 0.